The minimum absolute atomic E-state index is 0. The summed E-state index contributed by atoms with van der Waals surface area (Å²) >= 11 is 0. The molecule has 0 saturated carbocycles. The van der Waals surface area contributed by atoms with Gasteiger partial charge < -0.3 is 20.5 Å². The SMILES string of the molecule is CCN(CC)CCCC(C)NC(=NC)NCc1cc2ccccc2[nH]1.I. The van der Waals surface area contributed by atoms with Crippen LogP contribution in [0.15, 0.2) is 35.3 Å². The van der Waals surface area contributed by atoms with E-state index >= 15 is 0 Å². The molecule has 146 valence electrons. The Kier molecular flexibility index (Phi) is 10.7. The number of fused-ring (bicyclic) bond motifs is 1. The standard InChI is InChI=1S/C20H33N5.HI/c1-5-25(6-2)13-9-10-16(3)23-20(21-4)22-15-18-14-17-11-7-8-12-19(17)24-18;/h7-8,11-12,14,16,24H,5-6,9-10,13,15H2,1-4H3,(H2,21,22,23);1H. The van der Waals surface area contributed by atoms with Crippen molar-refractivity contribution in [1.29, 1.82) is 0 Å². The summed E-state index contributed by atoms with van der Waals surface area (Å²) in [5.74, 6) is 0.856. The zero-order chi connectivity index (χ0) is 18.1. The van der Waals surface area contributed by atoms with Crippen molar-refractivity contribution < 1.29 is 0 Å². The number of aromatic amines is 1. The second-order valence-electron chi connectivity index (χ2n) is 6.52. The number of halogens is 1. The third-order valence-corrected chi connectivity index (χ3v) is 4.64. The summed E-state index contributed by atoms with van der Waals surface area (Å²) in [6.45, 7) is 10.8. The van der Waals surface area contributed by atoms with E-state index in [1.54, 1.807) is 0 Å². The summed E-state index contributed by atoms with van der Waals surface area (Å²) in [6, 6.07) is 10.9. The van der Waals surface area contributed by atoms with Crippen LogP contribution in [-0.2, 0) is 6.54 Å². The van der Waals surface area contributed by atoms with Crippen molar-refractivity contribution in [2.45, 2.75) is 46.2 Å². The highest BCUT2D eigenvalue weighted by molar-refractivity contribution is 14.0. The second kappa shape index (κ2) is 12.2. The fourth-order valence-electron chi connectivity index (χ4n) is 3.07. The number of benzene rings is 1. The average Bonchev–Trinajstić information content (AvgIpc) is 3.05. The second-order valence-corrected chi connectivity index (χ2v) is 6.52. The molecule has 1 aromatic heterocycles. The van der Waals surface area contributed by atoms with E-state index in [4.69, 9.17) is 0 Å². The number of para-hydroxylation sites is 1. The van der Waals surface area contributed by atoms with Gasteiger partial charge in [0, 0.05) is 24.3 Å². The molecule has 1 atom stereocenters. The van der Waals surface area contributed by atoms with Crippen molar-refractivity contribution in [3.63, 3.8) is 0 Å². The summed E-state index contributed by atoms with van der Waals surface area (Å²) < 4.78 is 0. The highest BCUT2D eigenvalue weighted by Crippen LogP contribution is 2.14. The molecule has 0 bridgehead atoms. The van der Waals surface area contributed by atoms with Crippen LogP contribution in [0.1, 0.15) is 39.3 Å². The lowest BCUT2D eigenvalue weighted by Gasteiger charge is -2.21. The van der Waals surface area contributed by atoms with E-state index < -0.39 is 0 Å². The van der Waals surface area contributed by atoms with Gasteiger partial charge in [-0.1, -0.05) is 32.0 Å². The molecule has 26 heavy (non-hydrogen) atoms. The fourth-order valence-corrected chi connectivity index (χ4v) is 3.07. The normalized spacial score (nSPS) is 12.9. The van der Waals surface area contributed by atoms with Crippen LogP contribution < -0.4 is 10.6 Å². The van der Waals surface area contributed by atoms with Crippen molar-refractivity contribution >= 4 is 40.8 Å². The number of guanidine groups is 1. The van der Waals surface area contributed by atoms with Gasteiger partial charge in [-0.05, 0) is 56.9 Å². The molecule has 0 aliphatic carbocycles. The van der Waals surface area contributed by atoms with Gasteiger partial charge in [-0.3, -0.25) is 4.99 Å². The molecule has 0 spiro atoms. The first-order valence-electron chi connectivity index (χ1n) is 9.42. The molecular formula is C20H34IN5. The maximum atomic E-state index is 4.34. The van der Waals surface area contributed by atoms with Gasteiger partial charge in [0.15, 0.2) is 5.96 Å². The van der Waals surface area contributed by atoms with Gasteiger partial charge in [-0.2, -0.15) is 0 Å². The summed E-state index contributed by atoms with van der Waals surface area (Å²) in [7, 11) is 1.82. The number of aromatic nitrogens is 1. The number of hydrogen-bond donors (Lipinski definition) is 3. The van der Waals surface area contributed by atoms with Gasteiger partial charge in [0.1, 0.15) is 0 Å². The lowest BCUT2D eigenvalue weighted by atomic mass is 10.2. The Labute approximate surface area is 175 Å². The first-order chi connectivity index (χ1) is 12.2. The Balaban J connectivity index is 0.00000338. The van der Waals surface area contributed by atoms with Crippen LogP contribution in [0.25, 0.3) is 10.9 Å². The maximum Gasteiger partial charge on any atom is 0.191 e. The van der Waals surface area contributed by atoms with Crippen LogP contribution in [0.3, 0.4) is 0 Å². The van der Waals surface area contributed by atoms with Crippen LogP contribution in [0.2, 0.25) is 0 Å². The van der Waals surface area contributed by atoms with E-state index in [1.165, 1.54) is 29.6 Å². The predicted octanol–water partition coefficient (Wildman–Crippen LogP) is 3.96. The summed E-state index contributed by atoms with van der Waals surface area (Å²) in [4.78, 5) is 10.2. The molecule has 2 rings (SSSR count). The molecule has 0 aliphatic heterocycles. The van der Waals surface area contributed by atoms with E-state index in [1.807, 2.05) is 7.05 Å². The predicted molar refractivity (Wildman–Crippen MR) is 124 cm³/mol. The zero-order valence-corrected chi connectivity index (χ0v) is 18.8. The number of nitrogens with zero attached hydrogens (tertiary/aromatic N) is 2. The monoisotopic (exact) mass is 471 g/mol. The Bertz CT molecular complexity index is 630. The molecule has 0 saturated heterocycles. The number of H-pyrrole nitrogens is 1. The molecule has 0 radical (unpaired) electrons. The molecule has 2 aromatic rings. The maximum absolute atomic E-state index is 4.34. The molecule has 0 amide bonds. The third-order valence-electron chi connectivity index (χ3n) is 4.64. The zero-order valence-electron chi connectivity index (χ0n) is 16.5. The quantitative estimate of drug-likeness (QED) is 0.295. The minimum atomic E-state index is 0. The van der Waals surface area contributed by atoms with Gasteiger partial charge in [-0.15, -0.1) is 24.0 Å². The molecule has 3 N–H and O–H groups in total. The fraction of sp³-hybridized carbons (Fsp3) is 0.550. The van der Waals surface area contributed by atoms with Crippen molar-refractivity contribution in [2.24, 2.45) is 4.99 Å². The molecule has 5 nitrogen and oxygen atoms in total. The molecule has 1 heterocycles. The highest BCUT2D eigenvalue weighted by atomic mass is 127. The number of rotatable bonds is 9. The van der Waals surface area contributed by atoms with Crippen molar-refractivity contribution in [3.05, 3.63) is 36.0 Å². The van der Waals surface area contributed by atoms with Crippen LogP contribution in [0.5, 0.6) is 0 Å². The Morgan fingerprint density at radius 1 is 1.23 bits per heavy atom. The van der Waals surface area contributed by atoms with Crippen LogP contribution in [0.4, 0.5) is 0 Å². The van der Waals surface area contributed by atoms with Gasteiger partial charge in [-0.25, -0.2) is 0 Å². The van der Waals surface area contributed by atoms with E-state index in [0.717, 1.165) is 32.0 Å². The van der Waals surface area contributed by atoms with Crippen molar-refractivity contribution in [2.75, 3.05) is 26.7 Å². The van der Waals surface area contributed by atoms with E-state index in [9.17, 15) is 0 Å². The summed E-state index contributed by atoms with van der Waals surface area (Å²) in [5, 5.41) is 8.13. The Morgan fingerprint density at radius 2 is 1.96 bits per heavy atom. The summed E-state index contributed by atoms with van der Waals surface area (Å²) in [5.41, 5.74) is 2.34. The van der Waals surface area contributed by atoms with E-state index in [-0.39, 0.29) is 24.0 Å². The molecule has 6 heteroatoms. The molecule has 0 fully saturated rings. The number of hydrogen-bond acceptors (Lipinski definition) is 2. The van der Waals surface area contributed by atoms with Gasteiger partial charge in [0.05, 0.1) is 6.54 Å². The first-order valence-corrected chi connectivity index (χ1v) is 9.42. The van der Waals surface area contributed by atoms with Crippen molar-refractivity contribution in [3.8, 4) is 0 Å². The van der Waals surface area contributed by atoms with E-state index in [0.29, 0.717) is 6.04 Å². The van der Waals surface area contributed by atoms with Crippen LogP contribution >= 0.6 is 24.0 Å². The van der Waals surface area contributed by atoms with Gasteiger partial charge >= 0.3 is 0 Å². The Morgan fingerprint density at radius 3 is 2.62 bits per heavy atom. The molecule has 0 aliphatic rings. The first kappa shape index (κ1) is 22.8. The lowest BCUT2D eigenvalue weighted by molar-refractivity contribution is 0.292. The molecule has 1 unspecified atom stereocenters. The third kappa shape index (κ3) is 7.15. The lowest BCUT2D eigenvalue weighted by Crippen LogP contribution is -2.42. The van der Waals surface area contributed by atoms with Crippen LogP contribution in [0, 0.1) is 0 Å². The number of nitrogens with one attached hydrogen (secondary N) is 3. The molecular weight excluding hydrogens is 437 g/mol. The smallest absolute Gasteiger partial charge is 0.191 e. The van der Waals surface area contributed by atoms with Crippen LogP contribution in [-0.4, -0.2) is 48.6 Å². The number of aliphatic imine (C=N–C) groups is 1. The highest BCUT2D eigenvalue weighted by Gasteiger charge is 2.07. The van der Waals surface area contributed by atoms with Gasteiger partial charge in [0.25, 0.3) is 0 Å². The van der Waals surface area contributed by atoms with E-state index in [2.05, 4.69) is 76.6 Å². The minimum Gasteiger partial charge on any atom is -0.357 e. The largest absolute Gasteiger partial charge is 0.357 e. The summed E-state index contributed by atoms with van der Waals surface area (Å²) in [6.07, 6.45) is 2.35. The van der Waals surface area contributed by atoms with Crippen molar-refractivity contribution in [1.82, 2.24) is 20.5 Å². The molecule has 1 aromatic carbocycles. The Hall–Kier alpha value is -1.28. The topological polar surface area (TPSA) is 55.4 Å². The van der Waals surface area contributed by atoms with Gasteiger partial charge in [0.2, 0.25) is 0 Å². The average molecular weight is 471 g/mol.